The quantitative estimate of drug-likeness (QED) is 0.146. The van der Waals surface area contributed by atoms with Gasteiger partial charge >= 0.3 is 11.9 Å². The molecular weight excluding hydrogens is 426 g/mol. The van der Waals surface area contributed by atoms with E-state index in [1.165, 1.54) is 19.3 Å². The molecule has 0 fully saturated rings. The molecule has 0 aliphatic carbocycles. The van der Waals surface area contributed by atoms with Gasteiger partial charge in [0.15, 0.2) is 0 Å². The van der Waals surface area contributed by atoms with Gasteiger partial charge in [0.25, 0.3) is 0 Å². The van der Waals surface area contributed by atoms with E-state index in [4.69, 9.17) is 4.74 Å². The number of aliphatic carboxylic acids is 1. The van der Waals surface area contributed by atoms with Crippen molar-refractivity contribution in [2.75, 3.05) is 19.7 Å². The van der Waals surface area contributed by atoms with E-state index in [9.17, 15) is 14.7 Å². The van der Waals surface area contributed by atoms with Gasteiger partial charge in [-0.2, -0.15) is 0 Å². The summed E-state index contributed by atoms with van der Waals surface area (Å²) in [4.78, 5) is 25.6. The van der Waals surface area contributed by atoms with Crippen LogP contribution in [0.4, 0.5) is 0 Å². The van der Waals surface area contributed by atoms with Crippen molar-refractivity contribution in [3.63, 3.8) is 0 Å². The molecule has 202 valence electrons. The summed E-state index contributed by atoms with van der Waals surface area (Å²) in [6, 6.07) is 0. The summed E-state index contributed by atoms with van der Waals surface area (Å²) in [5.41, 5.74) is -1.01. The van der Waals surface area contributed by atoms with Gasteiger partial charge < -0.3 is 15.2 Å². The Kier molecular flexibility index (Phi) is 19.5. The Morgan fingerprint density at radius 3 is 1.76 bits per heavy atom. The monoisotopic (exact) mass is 483 g/mol. The van der Waals surface area contributed by atoms with Crippen molar-refractivity contribution in [3.8, 4) is 0 Å². The van der Waals surface area contributed by atoms with E-state index in [-0.39, 0.29) is 12.4 Å². The van der Waals surface area contributed by atoms with Crippen LogP contribution < -0.4 is 5.32 Å². The first kappa shape index (κ1) is 32.9. The van der Waals surface area contributed by atoms with Crippen LogP contribution in [-0.4, -0.2) is 36.7 Å². The highest BCUT2D eigenvalue weighted by Crippen LogP contribution is 2.36. The number of unbranched alkanes of at least 4 members (excludes halogenated alkanes) is 3. The summed E-state index contributed by atoms with van der Waals surface area (Å²) in [6.07, 6.45) is 13.5. The Morgan fingerprint density at radius 1 is 0.794 bits per heavy atom. The molecule has 0 saturated heterocycles. The molecule has 0 aromatic carbocycles. The Morgan fingerprint density at radius 2 is 1.29 bits per heavy atom. The minimum absolute atomic E-state index is 0.168. The first-order valence-electron chi connectivity index (χ1n) is 14.4. The summed E-state index contributed by atoms with van der Waals surface area (Å²) in [7, 11) is 0. The molecule has 0 rings (SSSR count). The van der Waals surface area contributed by atoms with Crippen LogP contribution >= 0.6 is 0 Å². The second-order valence-corrected chi connectivity index (χ2v) is 10.5. The van der Waals surface area contributed by atoms with Crippen LogP contribution in [0.15, 0.2) is 0 Å². The van der Waals surface area contributed by atoms with Crippen LogP contribution in [0.1, 0.15) is 131 Å². The largest absolute Gasteiger partial charge is 0.481 e. The molecular formula is C29H57NO4. The summed E-state index contributed by atoms with van der Waals surface area (Å²) < 4.78 is 5.91. The van der Waals surface area contributed by atoms with Gasteiger partial charge in [-0.3, -0.25) is 9.59 Å². The zero-order valence-corrected chi connectivity index (χ0v) is 23.4. The van der Waals surface area contributed by atoms with Crippen molar-refractivity contribution < 1.29 is 19.4 Å². The second kappa shape index (κ2) is 20.1. The van der Waals surface area contributed by atoms with Crippen molar-refractivity contribution in [2.45, 2.75) is 131 Å². The normalized spacial score (nSPS) is 15.9. The molecule has 0 radical (unpaired) electrons. The van der Waals surface area contributed by atoms with Crippen LogP contribution in [-0.2, 0) is 14.3 Å². The van der Waals surface area contributed by atoms with E-state index < -0.39 is 11.4 Å². The second-order valence-electron chi connectivity index (χ2n) is 10.5. The van der Waals surface area contributed by atoms with Crippen molar-refractivity contribution in [3.05, 3.63) is 0 Å². The van der Waals surface area contributed by atoms with Gasteiger partial charge in [0.05, 0.1) is 18.4 Å². The fraction of sp³-hybridized carbons (Fsp3) is 0.931. The lowest BCUT2D eigenvalue weighted by atomic mass is 9.74. The summed E-state index contributed by atoms with van der Waals surface area (Å²) >= 11 is 0. The molecule has 2 N–H and O–H groups in total. The number of carbonyl (C=O) groups excluding carboxylic acids is 1. The topological polar surface area (TPSA) is 75.6 Å². The predicted molar refractivity (Wildman–Crippen MR) is 143 cm³/mol. The number of hydrogen-bond acceptors (Lipinski definition) is 4. The van der Waals surface area contributed by atoms with Gasteiger partial charge in [0.1, 0.15) is 0 Å². The molecule has 0 bridgehead atoms. The number of nitrogens with one attached hydrogen (secondary N) is 1. The van der Waals surface area contributed by atoms with Gasteiger partial charge in [-0.25, -0.2) is 0 Å². The van der Waals surface area contributed by atoms with E-state index in [2.05, 4.69) is 46.9 Å². The molecule has 5 nitrogen and oxygen atoms in total. The van der Waals surface area contributed by atoms with E-state index in [1.54, 1.807) is 0 Å². The SMILES string of the molecule is CCCCC(CC)CNCC(CC(=O)O)(CC(CC)CCCC)C(=O)OCC(CC)CCCC. The fourth-order valence-corrected chi connectivity index (χ4v) is 4.92. The zero-order valence-electron chi connectivity index (χ0n) is 23.4. The maximum absolute atomic E-state index is 13.6. The van der Waals surface area contributed by atoms with Gasteiger partial charge in [0.2, 0.25) is 0 Å². The third kappa shape index (κ3) is 13.7. The Labute approximate surface area is 211 Å². The number of ether oxygens (including phenoxy) is 1. The molecule has 0 aliphatic heterocycles. The Balaban J connectivity index is 5.63. The van der Waals surface area contributed by atoms with Crippen molar-refractivity contribution in [1.29, 1.82) is 0 Å². The highest BCUT2D eigenvalue weighted by molar-refractivity contribution is 5.83. The van der Waals surface area contributed by atoms with Crippen LogP contribution in [0.2, 0.25) is 0 Å². The number of carboxylic acid groups (broad SMARTS) is 1. The van der Waals surface area contributed by atoms with E-state index in [1.807, 2.05) is 0 Å². The molecule has 4 unspecified atom stereocenters. The maximum Gasteiger partial charge on any atom is 0.313 e. The summed E-state index contributed by atoms with van der Waals surface area (Å²) in [5, 5.41) is 13.4. The average Bonchev–Trinajstić information content (AvgIpc) is 2.83. The number of carbonyl (C=O) groups is 2. The molecule has 4 atom stereocenters. The lowest BCUT2D eigenvalue weighted by Crippen LogP contribution is -2.46. The molecule has 0 aliphatic rings. The molecule has 0 saturated carbocycles. The van der Waals surface area contributed by atoms with Gasteiger partial charge in [-0.15, -0.1) is 0 Å². The van der Waals surface area contributed by atoms with E-state index in [0.717, 1.165) is 64.3 Å². The maximum atomic E-state index is 13.6. The minimum Gasteiger partial charge on any atom is -0.481 e. The van der Waals surface area contributed by atoms with Crippen molar-refractivity contribution >= 4 is 11.9 Å². The molecule has 5 heteroatoms. The Hall–Kier alpha value is -1.10. The molecule has 0 aromatic rings. The van der Waals surface area contributed by atoms with Gasteiger partial charge in [-0.1, -0.05) is 106 Å². The van der Waals surface area contributed by atoms with E-state index in [0.29, 0.717) is 37.3 Å². The average molecular weight is 484 g/mol. The van der Waals surface area contributed by atoms with E-state index >= 15 is 0 Å². The number of carboxylic acids is 1. The molecule has 0 heterocycles. The lowest BCUT2D eigenvalue weighted by molar-refractivity contribution is -0.163. The number of hydrogen-bond donors (Lipinski definition) is 2. The highest BCUT2D eigenvalue weighted by atomic mass is 16.5. The van der Waals surface area contributed by atoms with Crippen molar-refractivity contribution in [1.82, 2.24) is 5.32 Å². The van der Waals surface area contributed by atoms with Crippen molar-refractivity contribution in [2.24, 2.45) is 23.2 Å². The zero-order chi connectivity index (χ0) is 25.8. The molecule has 34 heavy (non-hydrogen) atoms. The fourth-order valence-electron chi connectivity index (χ4n) is 4.92. The summed E-state index contributed by atoms with van der Waals surface area (Å²) in [6.45, 7) is 14.7. The number of esters is 1. The minimum atomic E-state index is -1.01. The van der Waals surface area contributed by atoms with Gasteiger partial charge in [-0.05, 0) is 43.6 Å². The highest BCUT2D eigenvalue weighted by Gasteiger charge is 2.43. The lowest BCUT2D eigenvalue weighted by Gasteiger charge is -2.35. The van der Waals surface area contributed by atoms with Crippen LogP contribution in [0.3, 0.4) is 0 Å². The van der Waals surface area contributed by atoms with Crippen LogP contribution in [0, 0.1) is 23.2 Å². The van der Waals surface area contributed by atoms with Crippen LogP contribution in [0.5, 0.6) is 0 Å². The smallest absolute Gasteiger partial charge is 0.313 e. The number of rotatable bonds is 23. The van der Waals surface area contributed by atoms with Gasteiger partial charge in [0, 0.05) is 6.54 Å². The third-order valence-corrected chi connectivity index (χ3v) is 7.58. The first-order valence-corrected chi connectivity index (χ1v) is 14.4. The standard InChI is InChI=1S/C29H57NO4/c1-7-13-16-24(10-4)19-29(20-27(31)32,23-30-21-25(11-5)17-14-8-2)28(33)34-22-26(12-6)18-15-9-3/h24-26,30H,7-23H2,1-6H3,(H,31,32). The molecule has 0 aromatic heterocycles. The third-order valence-electron chi connectivity index (χ3n) is 7.58. The molecule has 0 spiro atoms. The van der Waals surface area contributed by atoms with Crippen LogP contribution in [0.25, 0.3) is 0 Å². The predicted octanol–water partition coefficient (Wildman–Crippen LogP) is 7.62. The molecule has 0 amide bonds. The first-order chi connectivity index (χ1) is 16.3. The Bertz CT molecular complexity index is 524. The summed E-state index contributed by atoms with van der Waals surface area (Å²) in [5.74, 6) is 0.00543.